The quantitative estimate of drug-likeness (QED) is 0.335. The van der Waals surface area contributed by atoms with Gasteiger partial charge in [0.15, 0.2) is 5.82 Å². The Balaban J connectivity index is 1.37. The number of nitro benzene ring substituents is 1. The molecule has 2 aromatic heterocycles. The van der Waals surface area contributed by atoms with Crippen LogP contribution in [0, 0.1) is 10.1 Å². The van der Waals surface area contributed by atoms with Crippen LogP contribution in [0.25, 0.3) is 33.2 Å². The Labute approximate surface area is 177 Å². The standard InChI is InChI=1S/C23H19N5O3/c29-18(13-26-15-24-23(25-26)16-9-11-17(12-10-16)28(30)31)14-27-21-7-3-1-5-19(21)20-6-2-4-8-22(20)27/h1-12,15,18,29H,13-14H2. The first-order valence-electron chi connectivity index (χ1n) is 9.88. The summed E-state index contributed by atoms with van der Waals surface area (Å²) in [4.78, 5) is 14.6. The number of aliphatic hydroxyl groups excluding tert-OH is 1. The predicted molar refractivity (Wildman–Crippen MR) is 118 cm³/mol. The topological polar surface area (TPSA) is 99.0 Å². The Bertz CT molecular complexity index is 1330. The molecule has 31 heavy (non-hydrogen) atoms. The first-order chi connectivity index (χ1) is 15.1. The van der Waals surface area contributed by atoms with Crippen molar-refractivity contribution in [1.29, 1.82) is 0 Å². The van der Waals surface area contributed by atoms with Crippen molar-refractivity contribution in [3.05, 3.63) is 89.2 Å². The Morgan fingerprint density at radius 1 is 0.903 bits per heavy atom. The number of non-ortho nitro benzene ring substituents is 1. The third kappa shape index (κ3) is 3.53. The molecule has 8 nitrogen and oxygen atoms in total. The lowest BCUT2D eigenvalue weighted by Gasteiger charge is -2.14. The molecule has 0 spiro atoms. The van der Waals surface area contributed by atoms with Crippen LogP contribution in [0.15, 0.2) is 79.1 Å². The van der Waals surface area contributed by atoms with Gasteiger partial charge in [0, 0.05) is 39.5 Å². The molecule has 5 aromatic rings. The normalized spacial score (nSPS) is 12.4. The maximum Gasteiger partial charge on any atom is 0.269 e. The molecule has 0 radical (unpaired) electrons. The molecular weight excluding hydrogens is 394 g/mol. The van der Waals surface area contributed by atoms with Gasteiger partial charge in [-0.15, -0.1) is 0 Å². The summed E-state index contributed by atoms with van der Waals surface area (Å²) in [7, 11) is 0. The summed E-state index contributed by atoms with van der Waals surface area (Å²) in [6, 6.07) is 22.4. The van der Waals surface area contributed by atoms with E-state index in [1.54, 1.807) is 23.1 Å². The molecule has 0 bridgehead atoms. The number of fused-ring (bicyclic) bond motifs is 3. The maximum absolute atomic E-state index is 10.8. The van der Waals surface area contributed by atoms with E-state index in [4.69, 9.17) is 0 Å². The van der Waals surface area contributed by atoms with Gasteiger partial charge in [0.25, 0.3) is 5.69 Å². The van der Waals surface area contributed by atoms with E-state index in [9.17, 15) is 15.2 Å². The first-order valence-corrected chi connectivity index (χ1v) is 9.88. The van der Waals surface area contributed by atoms with Crippen LogP contribution >= 0.6 is 0 Å². The van der Waals surface area contributed by atoms with Crippen LogP contribution in [0.1, 0.15) is 0 Å². The Morgan fingerprint density at radius 2 is 1.52 bits per heavy atom. The van der Waals surface area contributed by atoms with Crippen molar-refractivity contribution in [3.8, 4) is 11.4 Å². The van der Waals surface area contributed by atoms with E-state index in [-0.39, 0.29) is 12.2 Å². The molecule has 8 heteroatoms. The summed E-state index contributed by atoms with van der Waals surface area (Å²) in [5.41, 5.74) is 2.85. The highest BCUT2D eigenvalue weighted by Crippen LogP contribution is 2.29. The van der Waals surface area contributed by atoms with Crippen LogP contribution in [-0.2, 0) is 13.1 Å². The van der Waals surface area contributed by atoms with Gasteiger partial charge in [0.2, 0.25) is 0 Å². The number of para-hydroxylation sites is 2. The minimum Gasteiger partial charge on any atom is -0.389 e. The molecule has 3 aromatic carbocycles. The van der Waals surface area contributed by atoms with Crippen LogP contribution in [0.3, 0.4) is 0 Å². The van der Waals surface area contributed by atoms with Crippen molar-refractivity contribution in [3.63, 3.8) is 0 Å². The molecule has 0 amide bonds. The van der Waals surface area contributed by atoms with Gasteiger partial charge in [-0.25, -0.2) is 9.67 Å². The fourth-order valence-electron chi connectivity index (χ4n) is 3.93. The predicted octanol–water partition coefficient (Wildman–Crippen LogP) is 4.02. The van der Waals surface area contributed by atoms with Gasteiger partial charge < -0.3 is 9.67 Å². The van der Waals surface area contributed by atoms with Gasteiger partial charge in [0.1, 0.15) is 6.33 Å². The van der Waals surface area contributed by atoms with Gasteiger partial charge >= 0.3 is 0 Å². The smallest absolute Gasteiger partial charge is 0.269 e. The number of rotatable bonds is 6. The molecule has 2 heterocycles. The lowest BCUT2D eigenvalue weighted by Crippen LogP contribution is -2.22. The van der Waals surface area contributed by atoms with Crippen LogP contribution in [0.5, 0.6) is 0 Å². The monoisotopic (exact) mass is 413 g/mol. The highest BCUT2D eigenvalue weighted by molar-refractivity contribution is 6.07. The summed E-state index contributed by atoms with van der Waals surface area (Å²) >= 11 is 0. The van der Waals surface area contributed by atoms with Crippen molar-refractivity contribution >= 4 is 27.5 Å². The highest BCUT2D eigenvalue weighted by Gasteiger charge is 2.15. The number of nitro groups is 1. The molecule has 0 aliphatic carbocycles. The third-order valence-electron chi connectivity index (χ3n) is 5.34. The van der Waals surface area contributed by atoms with Crippen molar-refractivity contribution in [2.24, 2.45) is 0 Å². The van der Waals surface area contributed by atoms with E-state index in [1.807, 2.05) is 24.3 Å². The molecule has 0 aliphatic rings. The van der Waals surface area contributed by atoms with E-state index in [0.717, 1.165) is 21.8 Å². The zero-order valence-corrected chi connectivity index (χ0v) is 16.5. The second-order valence-electron chi connectivity index (χ2n) is 7.39. The van der Waals surface area contributed by atoms with Gasteiger partial charge in [-0.2, -0.15) is 5.10 Å². The van der Waals surface area contributed by atoms with E-state index in [2.05, 4.69) is 38.9 Å². The molecule has 1 unspecified atom stereocenters. The van der Waals surface area contributed by atoms with Crippen molar-refractivity contribution in [2.45, 2.75) is 19.2 Å². The van der Waals surface area contributed by atoms with Crippen LogP contribution < -0.4 is 0 Å². The third-order valence-corrected chi connectivity index (χ3v) is 5.34. The Hall–Kier alpha value is -4.04. The van der Waals surface area contributed by atoms with Crippen molar-refractivity contribution < 1.29 is 10.0 Å². The van der Waals surface area contributed by atoms with Gasteiger partial charge in [-0.3, -0.25) is 10.1 Å². The highest BCUT2D eigenvalue weighted by atomic mass is 16.6. The van der Waals surface area contributed by atoms with Crippen LogP contribution in [-0.4, -0.2) is 35.5 Å². The molecule has 154 valence electrons. The van der Waals surface area contributed by atoms with Crippen molar-refractivity contribution in [2.75, 3.05) is 0 Å². The van der Waals surface area contributed by atoms with Gasteiger partial charge in [0.05, 0.1) is 24.1 Å². The lowest BCUT2D eigenvalue weighted by atomic mass is 10.2. The molecular formula is C23H19N5O3. The zero-order chi connectivity index (χ0) is 21.4. The number of aromatic nitrogens is 4. The summed E-state index contributed by atoms with van der Waals surface area (Å²) in [5.74, 6) is 0.457. The second kappa shape index (κ2) is 7.66. The van der Waals surface area contributed by atoms with E-state index in [1.165, 1.54) is 12.1 Å². The molecule has 0 aliphatic heterocycles. The second-order valence-corrected chi connectivity index (χ2v) is 7.39. The zero-order valence-electron chi connectivity index (χ0n) is 16.5. The molecule has 1 atom stereocenters. The Morgan fingerprint density at radius 3 is 2.13 bits per heavy atom. The SMILES string of the molecule is O=[N+]([O-])c1ccc(-c2ncn(CC(O)Cn3c4ccccc4c4ccccc43)n2)cc1. The number of aliphatic hydroxyl groups is 1. The molecule has 1 N–H and O–H groups in total. The average molecular weight is 413 g/mol. The molecule has 0 saturated heterocycles. The largest absolute Gasteiger partial charge is 0.389 e. The maximum atomic E-state index is 10.8. The average Bonchev–Trinajstić information content (AvgIpc) is 3.37. The van der Waals surface area contributed by atoms with Gasteiger partial charge in [-0.05, 0) is 24.3 Å². The van der Waals surface area contributed by atoms with E-state index in [0.29, 0.717) is 17.9 Å². The summed E-state index contributed by atoms with van der Waals surface area (Å²) in [5, 5.41) is 28.3. The van der Waals surface area contributed by atoms with Crippen LogP contribution in [0.2, 0.25) is 0 Å². The van der Waals surface area contributed by atoms with E-state index >= 15 is 0 Å². The van der Waals surface area contributed by atoms with Gasteiger partial charge in [-0.1, -0.05) is 36.4 Å². The van der Waals surface area contributed by atoms with Crippen LogP contribution in [0.4, 0.5) is 5.69 Å². The Kier molecular flexibility index (Phi) is 4.68. The van der Waals surface area contributed by atoms with E-state index < -0.39 is 11.0 Å². The summed E-state index contributed by atoms with van der Waals surface area (Å²) < 4.78 is 3.72. The minimum absolute atomic E-state index is 0.0183. The number of hydrogen-bond donors (Lipinski definition) is 1. The first kappa shape index (κ1) is 19.0. The molecule has 0 fully saturated rings. The molecule has 0 saturated carbocycles. The number of nitrogens with zero attached hydrogens (tertiary/aromatic N) is 5. The summed E-state index contributed by atoms with van der Waals surface area (Å²) in [6.07, 6.45) is 0.886. The molecule has 5 rings (SSSR count). The minimum atomic E-state index is -0.675. The number of hydrogen-bond acceptors (Lipinski definition) is 5. The van der Waals surface area contributed by atoms with Crippen molar-refractivity contribution in [1.82, 2.24) is 19.3 Å². The summed E-state index contributed by atoms with van der Waals surface area (Å²) in [6.45, 7) is 0.696. The fraction of sp³-hybridized carbons (Fsp3) is 0.130. The number of benzene rings is 3. The lowest BCUT2D eigenvalue weighted by molar-refractivity contribution is -0.384. The fourth-order valence-corrected chi connectivity index (χ4v) is 3.93.